The Kier molecular flexibility index (Phi) is 4.99. The molecule has 0 fully saturated rings. The van der Waals surface area contributed by atoms with Crippen molar-refractivity contribution in [3.63, 3.8) is 0 Å². The molecule has 0 aromatic heterocycles. The van der Waals surface area contributed by atoms with Crippen LogP contribution in [0.1, 0.15) is 24.8 Å². The van der Waals surface area contributed by atoms with Crippen molar-refractivity contribution in [2.24, 2.45) is 5.73 Å². The van der Waals surface area contributed by atoms with Gasteiger partial charge in [0.1, 0.15) is 16.8 Å². The van der Waals surface area contributed by atoms with Crippen LogP contribution in [0.3, 0.4) is 0 Å². The van der Waals surface area contributed by atoms with E-state index in [1.165, 1.54) is 7.11 Å². The Balaban J connectivity index is 1.93. The number of ketones is 1. The first-order valence-electron chi connectivity index (χ1n) is 10.3. The molecule has 168 valence electrons. The minimum atomic E-state index is -1.72. The number of anilines is 2. The van der Waals surface area contributed by atoms with E-state index in [1.807, 2.05) is 0 Å². The van der Waals surface area contributed by atoms with Gasteiger partial charge in [0.2, 0.25) is 5.91 Å². The molecule has 0 saturated heterocycles. The Bertz CT molecular complexity index is 1320. The molecular formula is C24H19Cl2N3O4. The third kappa shape index (κ3) is 2.85. The molecule has 2 aromatic rings. The van der Waals surface area contributed by atoms with E-state index in [1.54, 1.807) is 47.4 Å². The lowest BCUT2D eigenvalue weighted by molar-refractivity contribution is -0.138. The van der Waals surface area contributed by atoms with Crippen LogP contribution in [-0.2, 0) is 24.5 Å². The van der Waals surface area contributed by atoms with Gasteiger partial charge in [0.25, 0.3) is 0 Å². The van der Waals surface area contributed by atoms with E-state index in [0.29, 0.717) is 45.5 Å². The molecular weight excluding hydrogens is 465 g/mol. The summed E-state index contributed by atoms with van der Waals surface area (Å²) < 4.78 is 5.09. The number of hydrogen-bond acceptors (Lipinski definition) is 6. The highest BCUT2D eigenvalue weighted by Crippen LogP contribution is 2.56. The zero-order chi connectivity index (χ0) is 23.5. The van der Waals surface area contributed by atoms with Crippen LogP contribution in [0.5, 0.6) is 0 Å². The number of fused-ring (bicyclic) bond motifs is 3. The topological polar surface area (TPSA) is 102 Å². The molecule has 1 aliphatic carbocycles. The number of rotatable bonds is 2. The van der Waals surface area contributed by atoms with Gasteiger partial charge in [-0.1, -0.05) is 41.4 Å². The monoisotopic (exact) mass is 483 g/mol. The highest BCUT2D eigenvalue weighted by atomic mass is 35.5. The summed E-state index contributed by atoms with van der Waals surface area (Å²) >= 11 is 12.7. The van der Waals surface area contributed by atoms with E-state index in [4.69, 9.17) is 33.7 Å². The number of para-hydroxylation sites is 1. The van der Waals surface area contributed by atoms with Gasteiger partial charge in [0.15, 0.2) is 5.78 Å². The Hall–Kier alpha value is -3.29. The minimum absolute atomic E-state index is 0.0358. The Morgan fingerprint density at radius 1 is 1.15 bits per heavy atom. The molecule has 3 aliphatic rings. The van der Waals surface area contributed by atoms with Crippen molar-refractivity contribution in [1.29, 1.82) is 0 Å². The van der Waals surface area contributed by atoms with Crippen LogP contribution >= 0.6 is 23.2 Å². The summed E-state index contributed by atoms with van der Waals surface area (Å²) in [5.74, 6) is -1.61. The second kappa shape index (κ2) is 7.64. The van der Waals surface area contributed by atoms with Gasteiger partial charge in [-0.25, -0.2) is 4.79 Å². The summed E-state index contributed by atoms with van der Waals surface area (Å²) in [6, 6.07) is 11.8. The summed E-state index contributed by atoms with van der Waals surface area (Å²) in [4.78, 5) is 42.0. The molecule has 9 heteroatoms. The number of nitrogens with one attached hydrogen (secondary N) is 1. The van der Waals surface area contributed by atoms with Crippen LogP contribution in [-0.4, -0.2) is 24.8 Å². The van der Waals surface area contributed by atoms with Gasteiger partial charge >= 0.3 is 5.97 Å². The lowest BCUT2D eigenvalue weighted by atomic mass is 9.63. The molecule has 2 heterocycles. The molecule has 0 bridgehead atoms. The van der Waals surface area contributed by atoms with Crippen LogP contribution < -0.4 is 16.0 Å². The number of benzene rings is 2. The Morgan fingerprint density at radius 3 is 2.67 bits per heavy atom. The van der Waals surface area contributed by atoms with E-state index in [2.05, 4.69) is 5.32 Å². The van der Waals surface area contributed by atoms with Gasteiger partial charge in [-0.3, -0.25) is 14.5 Å². The standard InChI is InChI=1S/C24H19Cl2N3O4/c1-33-22(31)20-21(27)29(17-11-12(25)9-10-14(17)26)16-7-4-8-18(30)19(16)24(20)13-5-2-3-6-15(13)28-23(24)32/h2-3,5-6,9-11H,4,7-8,27H2,1H3,(H,28,32). The van der Waals surface area contributed by atoms with Gasteiger partial charge in [-0.05, 0) is 37.1 Å². The third-order valence-electron chi connectivity index (χ3n) is 6.36. The largest absolute Gasteiger partial charge is 0.466 e. The highest BCUT2D eigenvalue weighted by Gasteiger charge is 2.61. The molecule has 1 atom stereocenters. The Labute approximate surface area is 199 Å². The molecule has 5 rings (SSSR count). The fourth-order valence-electron chi connectivity index (χ4n) is 5.10. The zero-order valence-corrected chi connectivity index (χ0v) is 19.1. The Morgan fingerprint density at radius 2 is 1.91 bits per heavy atom. The summed E-state index contributed by atoms with van der Waals surface area (Å²) in [6.07, 6.45) is 1.25. The number of methoxy groups -OCH3 is 1. The van der Waals surface area contributed by atoms with Gasteiger partial charge in [0, 0.05) is 34.0 Å². The second-order valence-corrected chi connectivity index (χ2v) is 8.87. The number of nitrogens with zero attached hydrogens (tertiary/aromatic N) is 1. The van der Waals surface area contributed by atoms with E-state index in [-0.39, 0.29) is 29.2 Å². The number of allylic oxidation sites excluding steroid dienone is 1. The predicted octanol–water partition coefficient (Wildman–Crippen LogP) is 4.05. The average Bonchev–Trinajstić information content (AvgIpc) is 3.08. The number of carbonyl (C=O) groups excluding carboxylic acids is 3. The van der Waals surface area contributed by atoms with Crippen LogP contribution in [0, 0.1) is 0 Å². The first kappa shape index (κ1) is 21.6. The van der Waals surface area contributed by atoms with E-state index >= 15 is 0 Å². The second-order valence-electron chi connectivity index (χ2n) is 8.03. The maximum absolute atomic E-state index is 13.7. The van der Waals surface area contributed by atoms with E-state index in [9.17, 15) is 14.4 Å². The number of ether oxygens (including phenoxy) is 1. The summed E-state index contributed by atoms with van der Waals surface area (Å²) in [7, 11) is 1.21. The number of Topliss-reactive ketones (excluding diaryl/α,β-unsaturated/α-hetero) is 1. The smallest absolute Gasteiger partial charge is 0.339 e. The lowest BCUT2D eigenvalue weighted by Crippen LogP contribution is -2.53. The first-order chi connectivity index (χ1) is 15.8. The van der Waals surface area contributed by atoms with E-state index < -0.39 is 17.3 Å². The SMILES string of the molecule is COC(=O)C1=C(N)N(c2cc(Cl)ccc2Cl)C2=C(C(=O)CCC2)C12C(=O)Nc1ccccc12. The lowest BCUT2D eigenvalue weighted by Gasteiger charge is -2.44. The van der Waals surface area contributed by atoms with Crippen LogP contribution in [0.15, 0.2) is 65.1 Å². The molecule has 2 aliphatic heterocycles. The third-order valence-corrected chi connectivity index (χ3v) is 6.91. The van der Waals surface area contributed by atoms with Crippen molar-refractivity contribution in [1.82, 2.24) is 0 Å². The molecule has 1 amide bonds. The summed E-state index contributed by atoms with van der Waals surface area (Å²) in [5, 5.41) is 3.55. The normalized spacial score (nSPS) is 21.8. The quantitative estimate of drug-likeness (QED) is 0.624. The van der Waals surface area contributed by atoms with Crippen molar-refractivity contribution in [3.8, 4) is 0 Å². The van der Waals surface area contributed by atoms with Crippen molar-refractivity contribution >= 4 is 52.2 Å². The minimum Gasteiger partial charge on any atom is -0.466 e. The number of hydrogen-bond donors (Lipinski definition) is 2. The molecule has 7 nitrogen and oxygen atoms in total. The first-order valence-corrected chi connectivity index (χ1v) is 11.1. The zero-order valence-electron chi connectivity index (χ0n) is 17.6. The highest BCUT2D eigenvalue weighted by molar-refractivity contribution is 6.35. The fraction of sp³-hybridized carbons (Fsp3) is 0.208. The maximum Gasteiger partial charge on any atom is 0.339 e. The van der Waals surface area contributed by atoms with Gasteiger partial charge in [-0.15, -0.1) is 0 Å². The van der Waals surface area contributed by atoms with Crippen molar-refractivity contribution in [2.45, 2.75) is 24.7 Å². The average molecular weight is 484 g/mol. The maximum atomic E-state index is 13.7. The fourth-order valence-corrected chi connectivity index (χ4v) is 5.47. The number of nitrogens with two attached hydrogens (primary N) is 1. The predicted molar refractivity (Wildman–Crippen MR) is 125 cm³/mol. The number of carbonyl (C=O) groups is 3. The summed E-state index contributed by atoms with van der Waals surface area (Å²) in [5.41, 5.74) is 6.94. The number of amides is 1. The summed E-state index contributed by atoms with van der Waals surface area (Å²) in [6.45, 7) is 0. The number of esters is 1. The molecule has 2 aromatic carbocycles. The van der Waals surface area contributed by atoms with Gasteiger partial charge < -0.3 is 15.8 Å². The van der Waals surface area contributed by atoms with Crippen LogP contribution in [0.2, 0.25) is 10.0 Å². The van der Waals surface area contributed by atoms with Gasteiger partial charge in [-0.2, -0.15) is 0 Å². The van der Waals surface area contributed by atoms with E-state index in [0.717, 1.165) is 0 Å². The molecule has 1 spiro atoms. The molecule has 3 N–H and O–H groups in total. The van der Waals surface area contributed by atoms with Crippen molar-refractivity contribution in [3.05, 3.63) is 80.7 Å². The van der Waals surface area contributed by atoms with Crippen molar-refractivity contribution < 1.29 is 19.1 Å². The van der Waals surface area contributed by atoms with Crippen molar-refractivity contribution in [2.75, 3.05) is 17.3 Å². The molecule has 0 saturated carbocycles. The molecule has 0 radical (unpaired) electrons. The van der Waals surface area contributed by atoms with Crippen LogP contribution in [0.4, 0.5) is 11.4 Å². The number of halogens is 2. The van der Waals surface area contributed by atoms with Gasteiger partial charge in [0.05, 0.1) is 17.8 Å². The molecule has 1 unspecified atom stereocenters. The molecule has 33 heavy (non-hydrogen) atoms. The van der Waals surface area contributed by atoms with Crippen LogP contribution in [0.25, 0.3) is 0 Å².